The molecule has 1 aromatic rings. The molecule has 14 heavy (non-hydrogen) atoms. The molecule has 0 saturated heterocycles. The molecular formula is C11H14N2O. The summed E-state index contributed by atoms with van der Waals surface area (Å²) in [5.41, 5.74) is 1.02. The van der Waals surface area contributed by atoms with E-state index in [4.69, 9.17) is 4.74 Å². The second-order valence-corrected chi connectivity index (χ2v) is 3.79. The van der Waals surface area contributed by atoms with Gasteiger partial charge in [0, 0.05) is 18.0 Å². The zero-order chi connectivity index (χ0) is 9.97. The topological polar surface area (TPSA) is 34.5 Å². The van der Waals surface area contributed by atoms with Crippen molar-refractivity contribution in [1.29, 1.82) is 0 Å². The highest BCUT2D eigenvalue weighted by atomic mass is 16.5. The summed E-state index contributed by atoms with van der Waals surface area (Å²) < 4.78 is 5.54. The van der Waals surface area contributed by atoms with Crippen LogP contribution in [0.5, 0.6) is 0 Å². The van der Waals surface area contributed by atoms with Crippen LogP contribution in [0, 0.1) is 5.92 Å². The first kappa shape index (κ1) is 9.19. The minimum Gasteiger partial charge on any atom is -0.475 e. The maximum Gasteiger partial charge on any atom is 0.216 e. The summed E-state index contributed by atoms with van der Waals surface area (Å²) in [7, 11) is 0. The Hall–Kier alpha value is -1.38. The average molecular weight is 190 g/mol. The quantitative estimate of drug-likeness (QED) is 0.713. The number of rotatable bonds is 2. The number of pyridine rings is 1. The molecule has 0 amide bonds. The molecule has 0 aliphatic carbocycles. The molecule has 2 rings (SSSR count). The zero-order valence-corrected chi connectivity index (χ0v) is 8.47. The first-order valence-electron chi connectivity index (χ1n) is 4.88. The molecule has 0 unspecified atom stereocenters. The van der Waals surface area contributed by atoms with Gasteiger partial charge in [0.2, 0.25) is 5.90 Å². The van der Waals surface area contributed by atoms with Crippen molar-refractivity contribution in [2.75, 3.05) is 6.61 Å². The van der Waals surface area contributed by atoms with Gasteiger partial charge in [-0.15, -0.1) is 0 Å². The van der Waals surface area contributed by atoms with Gasteiger partial charge in [-0.2, -0.15) is 0 Å². The van der Waals surface area contributed by atoms with Gasteiger partial charge in [-0.25, -0.2) is 4.99 Å². The van der Waals surface area contributed by atoms with Gasteiger partial charge < -0.3 is 4.74 Å². The summed E-state index contributed by atoms with van der Waals surface area (Å²) in [5, 5.41) is 0. The second kappa shape index (κ2) is 3.78. The van der Waals surface area contributed by atoms with Crippen molar-refractivity contribution in [2.45, 2.75) is 19.9 Å². The fraction of sp³-hybridized carbons (Fsp3) is 0.455. The highest BCUT2D eigenvalue weighted by Crippen LogP contribution is 2.16. The Morgan fingerprint density at radius 2 is 2.07 bits per heavy atom. The molecule has 74 valence electrons. The molecule has 0 saturated carbocycles. The van der Waals surface area contributed by atoms with Crippen LogP contribution in [-0.4, -0.2) is 23.5 Å². The van der Waals surface area contributed by atoms with Crippen LogP contribution in [0.15, 0.2) is 29.5 Å². The molecule has 3 heteroatoms. The van der Waals surface area contributed by atoms with Crippen LogP contribution in [0.25, 0.3) is 0 Å². The van der Waals surface area contributed by atoms with Crippen molar-refractivity contribution in [3.8, 4) is 0 Å². The van der Waals surface area contributed by atoms with Crippen molar-refractivity contribution in [3.63, 3.8) is 0 Å². The predicted octanol–water partition coefficient (Wildman–Crippen LogP) is 1.88. The lowest BCUT2D eigenvalue weighted by molar-refractivity contribution is 0.292. The summed E-state index contributed by atoms with van der Waals surface area (Å²) in [6.45, 7) is 5.02. The van der Waals surface area contributed by atoms with E-state index >= 15 is 0 Å². The smallest absolute Gasteiger partial charge is 0.216 e. The Morgan fingerprint density at radius 3 is 2.64 bits per heavy atom. The Labute approximate surface area is 83.8 Å². The minimum absolute atomic E-state index is 0.304. The average Bonchev–Trinajstić information content (AvgIpc) is 2.68. The molecule has 0 fully saturated rings. The van der Waals surface area contributed by atoms with Crippen molar-refractivity contribution >= 4 is 5.90 Å². The largest absolute Gasteiger partial charge is 0.475 e. The lowest BCUT2D eigenvalue weighted by Crippen LogP contribution is -2.13. The van der Waals surface area contributed by atoms with Crippen LogP contribution < -0.4 is 0 Å². The maximum atomic E-state index is 5.54. The number of nitrogens with zero attached hydrogens (tertiary/aromatic N) is 2. The predicted molar refractivity (Wildman–Crippen MR) is 55.4 cm³/mol. The van der Waals surface area contributed by atoms with Crippen LogP contribution in [-0.2, 0) is 4.74 Å². The highest BCUT2D eigenvalue weighted by molar-refractivity contribution is 5.94. The first-order chi connectivity index (χ1) is 6.77. The monoisotopic (exact) mass is 190 g/mol. The third-order valence-electron chi connectivity index (χ3n) is 2.37. The van der Waals surface area contributed by atoms with E-state index in [1.165, 1.54) is 0 Å². The van der Waals surface area contributed by atoms with Crippen molar-refractivity contribution in [2.24, 2.45) is 10.9 Å². The Morgan fingerprint density at radius 1 is 1.36 bits per heavy atom. The molecule has 2 heterocycles. The molecule has 0 N–H and O–H groups in total. The number of ether oxygens (including phenoxy) is 1. The van der Waals surface area contributed by atoms with Crippen molar-refractivity contribution in [1.82, 2.24) is 4.98 Å². The van der Waals surface area contributed by atoms with Gasteiger partial charge in [-0.3, -0.25) is 4.98 Å². The van der Waals surface area contributed by atoms with Crippen LogP contribution in [0.4, 0.5) is 0 Å². The van der Waals surface area contributed by atoms with Crippen LogP contribution in [0.1, 0.15) is 19.4 Å². The van der Waals surface area contributed by atoms with Gasteiger partial charge in [-0.1, -0.05) is 13.8 Å². The van der Waals surface area contributed by atoms with Crippen molar-refractivity contribution < 1.29 is 4.74 Å². The Bertz CT molecular complexity index is 332. The molecule has 0 spiro atoms. The Balaban J connectivity index is 2.18. The number of hydrogen-bond donors (Lipinski definition) is 0. The Kier molecular flexibility index (Phi) is 2.48. The second-order valence-electron chi connectivity index (χ2n) is 3.79. The molecule has 1 atom stereocenters. The van der Waals surface area contributed by atoms with E-state index in [1.54, 1.807) is 12.4 Å². The van der Waals surface area contributed by atoms with Gasteiger partial charge in [-0.05, 0) is 18.1 Å². The molecule has 0 bridgehead atoms. The summed E-state index contributed by atoms with van der Waals surface area (Å²) >= 11 is 0. The fourth-order valence-electron chi connectivity index (χ4n) is 1.38. The maximum absolute atomic E-state index is 5.54. The third kappa shape index (κ3) is 1.76. The van der Waals surface area contributed by atoms with Gasteiger partial charge >= 0.3 is 0 Å². The van der Waals surface area contributed by atoms with Crippen LogP contribution >= 0.6 is 0 Å². The fourth-order valence-corrected chi connectivity index (χ4v) is 1.38. The molecule has 1 aromatic heterocycles. The van der Waals surface area contributed by atoms with Crippen LogP contribution in [0.3, 0.4) is 0 Å². The van der Waals surface area contributed by atoms with E-state index in [0.717, 1.165) is 11.5 Å². The third-order valence-corrected chi connectivity index (χ3v) is 2.37. The molecular weight excluding hydrogens is 176 g/mol. The van der Waals surface area contributed by atoms with Gasteiger partial charge in [0.1, 0.15) is 6.61 Å². The van der Waals surface area contributed by atoms with E-state index < -0.39 is 0 Å². The lowest BCUT2D eigenvalue weighted by atomic mass is 10.1. The summed E-state index contributed by atoms with van der Waals surface area (Å²) in [6, 6.07) is 4.14. The van der Waals surface area contributed by atoms with Gasteiger partial charge in [0.05, 0.1) is 6.04 Å². The molecule has 1 aliphatic heterocycles. The van der Waals surface area contributed by atoms with Crippen LogP contribution in [0.2, 0.25) is 0 Å². The number of hydrogen-bond acceptors (Lipinski definition) is 3. The minimum atomic E-state index is 0.304. The van der Waals surface area contributed by atoms with E-state index in [0.29, 0.717) is 18.6 Å². The molecule has 0 aromatic carbocycles. The normalized spacial score (nSPS) is 20.8. The van der Waals surface area contributed by atoms with Gasteiger partial charge in [0.25, 0.3) is 0 Å². The SMILES string of the molecule is CC(C)[C@@H]1COC(c2ccncc2)=N1. The van der Waals surface area contributed by atoms with E-state index in [-0.39, 0.29) is 0 Å². The summed E-state index contributed by atoms with van der Waals surface area (Å²) in [4.78, 5) is 8.48. The standard InChI is InChI=1S/C11H14N2O/c1-8(2)10-7-14-11(13-10)9-3-5-12-6-4-9/h3-6,8,10H,7H2,1-2H3/t10-/m0/s1. The molecule has 0 radical (unpaired) electrons. The molecule has 1 aliphatic rings. The van der Waals surface area contributed by atoms with E-state index in [2.05, 4.69) is 23.8 Å². The van der Waals surface area contributed by atoms with Crippen molar-refractivity contribution in [3.05, 3.63) is 30.1 Å². The lowest BCUT2D eigenvalue weighted by Gasteiger charge is -2.06. The summed E-state index contributed by atoms with van der Waals surface area (Å²) in [6.07, 6.45) is 3.51. The zero-order valence-electron chi connectivity index (χ0n) is 8.47. The summed E-state index contributed by atoms with van der Waals surface area (Å²) in [5.74, 6) is 1.29. The highest BCUT2D eigenvalue weighted by Gasteiger charge is 2.22. The van der Waals surface area contributed by atoms with E-state index in [1.807, 2.05) is 12.1 Å². The van der Waals surface area contributed by atoms with Gasteiger partial charge in [0.15, 0.2) is 0 Å². The first-order valence-corrected chi connectivity index (χ1v) is 4.88. The molecule has 3 nitrogen and oxygen atoms in total. The van der Waals surface area contributed by atoms with E-state index in [9.17, 15) is 0 Å². The number of aromatic nitrogens is 1. The number of aliphatic imine (C=N–C) groups is 1.